The maximum absolute atomic E-state index is 9.89. The van der Waals surface area contributed by atoms with Crippen molar-refractivity contribution in [1.29, 1.82) is 0 Å². The van der Waals surface area contributed by atoms with Gasteiger partial charge in [0.15, 0.2) is 17.5 Å². The minimum absolute atomic E-state index is 0.451. The summed E-state index contributed by atoms with van der Waals surface area (Å²) < 4.78 is 254. The van der Waals surface area contributed by atoms with E-state index in [1.807, 2.05) is 0 Å². The molecule has 0 spiro atoms. The highest BCUT2D eigenvalue weighted by Crippen LogP contribution is 2.40. The van der Waals surface area contributed by atoms with Gasteiger partial charge in [0.05, 0.1) is 49.4 Å². The van der Waals surface area contributed by atoms with Crippen LogP contribution in [0.15, 0.2) is 174 Å². The topological polar surface area (TPSA) is 56.7 Å². The van der Waals surface area contributed by atoms with E-state index >= 15 is 0 Å². The van der Waals surface area contributed by atoms with Gasteiger partial charge in [0.1, 0.15) is 11.2 Å². The van der Waals surface area contributed by atoms with Gasteiger partial charge >= 0.3 is 0 Å². The molecule has 10 rings (SSSR count). The van der Waals surface area contributed by atoms with Crippen LogP contribution in [0.2, 0.25) is 0 Å². The van der Waals surface area contributed by atoms with Crippen LogP contribution in [-0.2, 0) is 0 Å². The lowest BCUT2D eigenvalue weighted by atomic mass is 9.97. The van der Waals surface area contributed by atoms with Crippen LogP contribution in [0.5, 0.6) is 0 Å². The summed E-state index contributed by atoms with van der Waals surface area (Å²) in [5.74, 6) is -2.65. The van der Waals surface area contributed by atoms with Crippen LogP contribution >= 0.6 is 0 Å². The number of rotatable bonds is 5. The van der Waals surface area contributed by atoms with Gasteiger partial charge in [0.2, 0.25) is 0 Å². The molecule has 10 aromatic rings. The minimum Gasteiger partial charge on any atom is -0.456 e. The van der Waals surface area contributed by atoms with E-state index in [0.717, 1.165) is 0 Å². The average molecular weight is 669 g/mol. The van der Waals surface area contributed by atoms with E-state index in [0.29, 0.717) is 4.57 Å². The fourth-order valence-electron chi connectivity index (χ4n) is 5.52. The number of hydrogen-bond donors (Lipinski definition) is 0. The van der Waals surface area contributed by atoms with Gasteiger partial charge in [-0.25, -0.2) is 15.0 Å². The second-order valence-corrected chi connectivity index (χ2v) is 10.3. The normalized spacial score (nSPS) is 19.4. The maximum Gasteiger partial charge on any atom is 0.164 e. The Labute approximate surface area is 327 Å². The van der Waals surface area contributed by atoms with Crippen molar-refractivity contribution in [1.82, 2.24) is 19.5 Å². The second kappa shape index (κ2) is 11.4. The highest BCUT2D eigenvalue weighted by molar-refractivity contribution is 6.16. The van der Waals surface area contributed by atoms with E-state index in [-0.39, 0.29) is 0 Å². The summed E-state index contributed by atoms with van der Waals surface area (Å²) in [5.41, 5.74) is -7.27. The zero-order chi connectivity index (χ0) is 57.4. The second-order valence-electron chi connectivity index (χ2n) is 10.3. The molecule has 234 valence electrons. The number of nitrogens with zero attached hydrogens (tertiary/aromatic N) is 4. The van der Waals surface area contributed by atoms with E-state index in [9.17, 15) is 11.0 Å². The Morgan fingerprint density at radius 2 is 1.00 bits per heavy atom. The van der Waals surface area contributed by atoms with Gasteiger partial charge in [-0.15, -0.1) is 0 Å². The lowest BCUT2D eigenvalue weighted by Crippen LogP contribution is -2.00. The van der Waals surface area contributed by atoms with Crippen LogP contribution in [0.25, 0.3) is 94.7 Å². The monoisotopic (exact) mass is 668 g/mol. The number of benzene rings is 7. The van der Waals surface area contributed by atoms with Crippen molar-refractivity contribution in [2.24, 2.45) is 0 Å². The SMILES string of the molecule is [2H]c1c([2H])c([2H])c(-c2nc(-c3c([2H])c([2H])c([2H])c(-c4c([2H])c([2H])c([2H])c5c4c4c([2H])c([2H])c([2H])c([2H])c4n5-c4c([2H])c([2H])c([2H])c([2H])c4[2H])c3[2H])nc(-c3c([2H])c([2H])c([2H])c4oc5c([2H])c([2H])c([2H])c([2H])c5c34)n2)c([2H])c1[2H]. The van der Waals surface area contributed by atoms with Gasteiger partial charge in [-0.1, -0.05) is 127 Å². The van der Waals surface area contributed by atoms with Gasteiger partial charge < -0.3 is 8.98 Å². The van der Waals surface area contributed by atoms with E-state index in [2.05, 4.69) is 15.0 Å². The van der Waals surface area contributed by atoms with Gasteiger partial charge in [0.25, 0.3) is 0 Å². The zero-order valence-corrected chi connectivity index (χ0v) is 24.7. The fraction of sp³-hybridized carbons (Fsp3) is 0. The van der Waals surface area contributed by atoms with Crippen LogP contribution in [0, 0.1) is 0 Å². The highest BCUT2D eigenvalue weighted by Gasteiger charge is 2.19. The van der Waals surface area contributed by atoms with Crippen molar-refractivity contribution < 1.29 is 42.8 Å². The van der Waals surface area contributed by atoms with Gasteiger partial charge in [-0.2, -0.15) is 0 Å². The Bertz CT molecular complexity index is 4440. The molecule has 3 aromatic heterocycles. The van der Waals surface area contributed by atoms with E-state index < -0.39 is 264 Å². The summed E-state index contributed by atoms with van der Waals surface area (Å²) in [6, 6.07) is -25.9. The molecule has 0 saturated carbocycles. The molecular formula is C45H28N4O. The van der Waals surface area contributed by atoms with E-state index in [4.69, 9.17) is 31.8 Å². The molecule has 0 amide bonds. The average Bonchev–Trinajstić information content (AvgIpc) is 4.02. The quantitative estimate of drug-likeness (QED) is 0.183. The summed E-state index contributed by atoms with van der Waals surface area (Å²) in [4.78, 5) is 13.1. The fourth-order valence-corrected chi connectivity index (χ4v) is 5.52. The molecule has 50 heavy (non-hydrogen) atoms. The van der Waals surface area contributed by atoms with Crippen molar-refractivity contribution in [2.45, 2.75) is 0 Å². The summed E-state index contributed by atoms with van der Waals surface area (Å²) in [5, 5.41) is -2.17. The smallest absolute Gasteiger partial charge is 0.164 e. The third-order valence-electron chi connectivity index (χ3n) is 7.56. The first-order chi connectivity index (χ1) is 36.4. The predicted octanol–water partition coefficient (Wildman–Crippen LogP) is 11.5. The molecule has 5 heteroatoms. The Morgan fingerprint density at radius 3 is 1.86 bits per heavy atom. The first-order valence-electron chi connectivity index (χ1n) is 28.4. The maximum atomic E-state index is 9.89. The molecule has 0 aliphatic rings. The minimum atomic E-state index is -1.10. The summed E-state index contributed by atoms with van der Waals surface area (Å²) >= 11 is 0. The van der Waals surface area contributed by atoms with Gasteiger partial charge in [-0.05, 0) is 53.4 Å². The van der Waals surface area contributed by atoms with Crippen LogP contribution < -0.4 is 0 Å². The molecule has 0 aliphatic carbocycles. The summed E-state index contributed by atoms with van der Waals surface area (Å²) in [7, 11) is 0. The van der Waals surface area contributed by atoms with Gasteiger partial charge in [0, 0.05) is 43.9 Å². The molecular weight excluding hydrogens is 613 g/mol. The number of hydrogen-bond acceptors (Lipinski definition) is 4. The first kappa shape index (κ1) is 11.9. The number of furan rings is 1. The Morgan fingerprint density at radius 1 is 0.420 bits per heavy atom. The molecule has 0 fully saturated rings. The van der Waals surface area contributed by atoms with Crippen LogP contribution in [0.3, 0.4) is 0 Å². The van der Waals surface area contributed by atoms with E-state index in [1.54, 1.807) is 0 Å². The van der Waals surface area contributed by atoms with Gasteiger partial charge in [-0.3, -0.25) is 0 Å². The molecule has 0 radical (unpaired) electrons. The largest absolute Gasteiger partial charge is 0.456 e. The lowest BCUT2D eigenvalue weighted by molar-refractivity contribution is 0.669. The van der Waals surface area contributed by atoms with Crippen molar-refractivity contribution in [2.75, 3.05) is 0 Å². The first-order valence-corrected chi connectivity index (χ1v) is 14.4. The van der Waals surface area contributed by atoms with Crippen LogP contribution in [0.4, 0.5) is 0 Å². The standard InChI is InChI=1S/C45H28N4O/c1-3-14-29(15-4-1)43-46-44(48-45(47-43)36-23-13-27-40-42(36)35-21-8-10-26-39(35)50-40)31-17-11-16-30(28-31)33-22-12-25-38-41(33)34-20-7-9-24-37(34)49(38)32-18-5-2-6-19-32/h1-28H/i1D,2D,3D,4D,5D,6D,7D,8D,9D,10D,11D,12D,13D,14D,15D,16D,17D,18D,19D,20D,21D,22D,23D,24D,25D,26D,27D,28D. The number of para-hydroxylation sites is 3. The third kappa shape index (κ3) is 4.52. The Balaban J connectivity index is 1.42. The van der Waals surface area contributed by atoms with Crippen molar-refractivity contribution in [3.8, 4) is 51.0 Å². The Hall–Kier alpha value is -6.85. The predicted molar refractivity (Wildman–Crippen MR) is 203 cm³/mol. The molecule has 0 unspecified atom stereocenters. The molecule has 7 aromatic carbocycles. The zero-order valence-electron chi connectivity index (χ0n) is 52.7. The van der Waals surface area contributed by atoms with Crippen molar-refractivity contribution >= 4 is 43.7 Å². The van der Waals surface area contributed by atoms with Crippen LogP contribution in [-0.4, -0.2) is 19.5 Å². The molecule has 0 atom stereocenters. The number of fused-ring (bicyclic) bond motifs is 6. The highest BCUT2D eigenvalue weighted by atomic mass is 16.3. The molecule has 0 saturated heterocycles. The molecule has 0 bridgehead atoms. The van der Waals surface area contributed by atoms with Crippen molar-refractivity contribution in [3.05, 3.63) is 169 Å². The molecule has 3 heterocycles. The molecule has 0 N–H and O–H groups in total. The van der Waals surface area contributed by atoms with Crippen molar-refractivity contribution in [3.63, 3.8) is 0 Å². The summed E-state index contributed by atoms with van der Waals surface area (Å²) in [6.07, 6.45) is 0. The van der Waals surface area contributed by atoms with E-state index in [1.165, 1.54) is 0 Å². The third-order valence-corrected chi connectivity index (χ3v) is 7.56. The Kier molecular flexibility index (Phi) is 2.72. The van der Waals surface area contributed by atoms with Crippen LogP contribution in [0.1, 0.15) is 38.4 Å². The molecule has 5 nitrogen and oxygen atoms in total. The summed E-state index contributed by atoms with van der Waals surface area (Å²) in [6.45, 7) is 0. The lowest BCUT2D eigenvalue weighted by Gasteiger charge is -2.11. The number of aromatic nitrogens is 4. The molecule has 0 aliphatic heterocycles.